The van der Waals surface area contributed by atoms with Gasteiger partial charge in [0.2, 0.25) is 0 Å². The Labute approximate surface area is 112 Å². The van der Waals surface area contributed by atoms with Gasteiger partial charge in [0.05, 0.1) is 5.92 Å². The van der Waals surface area contributed by atoms with Crippen LogP contribution in [0.4, 0.5) is 4.79 Å². The molecule has 0 spiro atoms. The number of rotatable bonds is 5. The predicted octanol–water partition coefficient (Wildman–Crippen LogP) is 1.63. The number of carbonyl (C=O) groups is 2. The van der Waals surface area contributed by atoms with Gasteiger partial charge >= 0.3 is 12.0 Å². The van der Waals surface area contributed by atoms with Crippen LogP contribution in [0.3, 0.4) is 0 Å². The molecule has 1 unspecified atom stereocenters. The Morgan fingerprint density at radius 3 is 2.89 bits per heavy atom. The van der Waals surface area contributed by atoms with Crippen LogP contribution in [0, 0.1) is 5.92 Å². The largest absolute Gasteiger partial charge is 0.481 e. The molecule has 0 saturated carbocycles. The Hall–Kier alpha value is -0.910. The lowest BCUT2D eigenvalue weighted by Gasteiger charge is -2.30. The molecule has 0 aromatic heterocycles. The van der Waals surface area contributed by atoms with Crippen molar-refractivity contribution in [1.29, 1.82) is 0 Å². The standard InChI is InChI=1S/C12H22N2O3S/c1-9(18-2)5-6-13-12(17)14-7-3-4-10(8-14)11(15)16/h9-10H,3-8H2,1-2H3,(H,13,17)(H,15,16)/t9?,10-/m1/s1. The fourth-order valence-electron chi connectivity index (χ4n) is 1.98. The van der Waals surface area contributed by atoms with E-state index in [0.717, 1.165) is 12.8 Å². The van der Waals surface area contributed by atoms with E-state index < -0.39 is 11.9 Å². The van der Waals surface area contributed by atoms with Gasteiger partial charge in [-0.1, -0.05) is 6.92 Å². The van der Waals surface area contributed by atoms with Crippen molar-refractivity contribution in [3.8, 4) is 0 Å². The Kier molecular flexibility index (Phi) is 6.32. The highest BCUT2D eigenvalue weighted by Crippen LogP contribution is 2.16. The quantitative estimate of drug-likeness (QED) is 0.799. The van der Waals surface area contributed by atoms with Crippen LogP contribution in [0.2, 0.25) is 0 Å². The van der Waals surface area contributed by atoms with Gasteiger partial charge in [-0.3, -0.25) is 4.79 Å². The molecule has 0 aromatic rings. The monoisotopic (exact) mass is 274 g/mol. The van der Waals surface area contributed by atoms with Crippen LogP contribution in [-0.2, 0) is 4.79 Å². The fraction of sp³-hybridized carbons (Fsp3) is 0.833. The second kappa shape index (κ2) is 7.51. The molecule has 18 heavy (non-hydrogen) atoms. The van der Waals surface area contributed by atoms with Crippen LogP contribution in [0.25, 0.3) is 0 Å². The fourth-order valence-corrected chi connectivity index (χ4v) is 2.33. The molecule has 2 atom stereocenters. The summed E-state index contributed by atoms with van der Waals surface area (Å²) in [5.41, 5.74) is 0. The summed E-state index contributed by atoms with van der Waals surface area (Å²) in [4.78, 5) is 24.4. The van der Waals surface area contributed by atoms with Crippen molar-refractivity contribution >= 4 is 23.8 Å². The first-order chi connectivity index (χ1) is 8.54. The van der Waals surface area contributed by atoms with Gasteiger partial charge in [0.1, 0.15) is 0 Å². The number of urea groups is 1. The molecule has 1 saturated heterocycles. The van der Waals surface area contributed by atoms with Gasteiger partial charge in [0.25, 0.3) is 0 Å². The van der Waals surface area contributed by atoms with E-state index in [9.17, 15) is 9.59 Å². The normalized spacial score (nSPS) is 21.4. The van der Waals surface area contributed by atoms with Crippen molar-refractivity contribution in [2.24, 2.45) is 5.92 Å². The van der Waals surface area contributed by atoms with Crippen LogP contribution in [-0.4, -0.2) is 53.1 Å². The van der Waals surface area contributed by atoms with Gasteiger partial charge in [0, 0.05) is 24.9 Å². The molecule has 1 aliphatic rings. The molecule has 2 N–H and O–H groups in total. The van der Waals surface area contributed by atoms with Crippen LogP contribution in [0.15, 0.2) is 0 Å². The maximum Gasteiger partial charge on any atom is 0.317 e. The third-order valence-corrected chi connectivity index (χ3v) is 4.33. The molecule has 0 aliphatic carbocycles. The highest BCUT2D eigenvalue weighted by molar-refractivity contribution is 7.99. The lowest BCUT2D eigenvalue weighted by Crippen LogP contribution is -2.47. The molecule has 2 amide bonds. The molecular weight excluding hydrogens is 252 g/mol. The second-order valence-electron chi connectivity index (χ2n) is 4.69. The minimum absolute atomic E-state index is 0.130. The second-order valence-corrected chi connectivity index (χ2v) is 5.97. The number of amides is 2. The van der Waals surface area contributed by atoms with Crippen molar-refractivity contribution in [3.63, 3.8) is 0 Å². The molecule has 1 fully saturated rings. The Balaban J connectivity index is 2.30. The molecule has 0 radical (unpaired) electrons. The summed E-state index contributed by atoms with van der Waals surface area (Å²) in [6.07, 6.45) is 4.42. The topological polar surface area (TPSA) is 69.6 Å². The summed E-state index contributed by atoms with van der Waals surface area (Å²) in [6.45, 7) is 3.76. The summed E-state index contributed by atoms with van der Waals surface area (Å²) in [5, 5.41) is 12.3. The van der Waals surface area contributed by atoms with Gasteiger partial charge in [-0.15, -0.1) is 0 Å². The zero-order valence-corrected chi connectivity index (χ0v) is 11.8. The Bertz CT molecular complexity index is 299. The zero-order valence-electron chi connectivity index (χ0n) is 11.0. The summed E-state index contributed by atoms with van der Waals surface area (Å²) < 4.78 is 0. The predicted molar refractivity (Wildman–Crippen MR) is 72.9 cm³/mol. The summed E-state index contributed by atoms with van der Waals surface area (Å²) in [6, 6.07) is -0.130. The van der Waals surface area contributed by atoms with Gasteiger partial charge in [-0.05, 0) is 25.5 Å². The molecule has 1 aliphatic heterocycles. The van der Waals surface area contributed by atoms with Crippen LogP contribution in [0.1, 0.15) is 26.2 Å². The number of aliphatic carboxylic acids is 1. The number of likely N-dealkylation sites (tertiary alicyclic amines) is 1. The number of hydrogen-bond donors (Lipinski definition) is 2. The van der Waals surface area contributed by atoms with Crippen molar-refractivity contribution < 1.29 is 14.7 Å². The van der Waals surface area contributed by atoms with Gasteiger partial charge in [-0.2, -0.15) is 11.8 Å². The van der Waals surface area contributed by atoms with Gasteiger partial charge in [-0.25, -0.2) is 4.79 Å². The molecule has 0 aromatic carbocycles. The van der Waals surface area contributed by atoms with E-state index in [1.54, 1.807) is 16.7 Å². The number of nitrogens with zero attached hydrogens (tertiary/aromatic N) is 1. The van der Waals surface area contributed by atoms with Gasteiger partial charge < -0.3 is 15.3 Å². The van der Waals surface area contributed by atoms with E-state index in [4.69, 9.17) is 5.11 Å². The molecule has 1 rings (SSSR count). The molecule has 0 bridgehead atoms. The average molecular weight is 274 g/mol. The molecule has 1 heterocycles. The smallest absolute Gasteiger partial charge is 0.317 e. The first-order valence-corrected chi connectivity index (χ1v) is 7.61. The number of nitrogens with one attached hydrogen (secondary N) is 1. The Morgan fingerprint density at radius 1 is 1.56 bits per heavy atom. The maximum absolute atomic E-state index is 11.9. The first-order valence-electron chi connectivity index (χ1n) is 6.33. The van der Waals surface area contributed by atoms with Crippen LogP contribution < -0.4 is 5.32 Å². The summed E-state index contributed by atoms with van der Waals surface area (Å²) in [5.74, 6) is -1.21. The Morgan fingerprint density at radius 2 is 2.28 bits per heavy atom. The number of carboxylic acids is 1. The molecule has 5 nitrogen and oxygen atoms in total. The van der Waals surface area contributed by atoms with Gasteiger partial charge in [0.15, 0.2) is 0 Å². The maximum atomic E-state index is 11.9. The van der Waals surface area contributed by atoms with Crippen molar-refractivity contribution in [2.45, 2.75) is 31.4 Å². The van der Waals surface area contributed by atoms with E-state index in [2.05, 4.69) is 18.5 Å². The first kappa shape index (κ1) is 15.1. The number of carboxylic acid groups (broad SMARTS) is 1. The van der Waals surface area contributed by atoms with E-state index in [1.807, 2.05) is 0 Å². The number of thioether (sulfide) groups is 1. The zero-order chi connectivity index (χ0) is 13.5. The van der Waals surface area contributed by atoms with E-state index in [0.29, 0.717) is 31.3 Å². The molecule has 104 valence electrons. The van der Waals surface area contributed by atoms with E-state index >= 15 is 0 Å². The summed E-state index contributed by atoms with van der Waals surface area (Å²) >= 11 is 1.77. The average Bonchev–Trinajstić information content (AvgIpc) is 2.38. The molecule has 6 heteroatoms. The third-order valence-electron chi connectivity index (χ3n) is 3.29. The van der Waals surface area contributed by atoms with E-state index in [1.165, 1.54) is 0 Å². The number of piperidine rings is 1. The SMILES string of the molecule is CSC(C)CCNC(=O)N1CCC[C@@H](C(=O)O)C1. The number of hydrogen-bond acceptors (Lipinski definition) is 3. The molecular formula is C12H22N2O3S. The highest BCUT2D eigenvalue weighted by Gasteiger charge is 2.27. The lowest BCUT2D eigenvalue weighted by molar-refractivity contribution is -0.143. The van der Waals surface area contributed by atoms with Crippen LogP contribution >= 0.6 is 11.8 Å². The van der Waals surface area contributed by atoms with Crippen molar-refractivity contribution in [1.82, 2.24) is 10.2 Å². The number of carbonyl (C=O) groups excluding carboxylic acids is 1. The van der Waals surface area contributed by atoms with E-state index in [-0.39, 0.29) is 6.03 Å². The summed E-state index contributed by atoms with van der Waals surface area (Å²) in [7, 11) is 0. The minimum Gasteiger partial charge on any atom is -0.481 e. The third kappa shape index (κ3) is 4.76. The minimum atomic E-state index is -0.802. The van der Waals surface area contributed by atoms with Crippen molar-refractivity contribution in [2.75, 3.05) is 25.9 Å². The highest BCUT2D eigenvalue weighted by atomic mass is 32.2. The van der Waals surface area contributed by atoms with Crippen molar-refractivity contribution in [3.05, 3.63) is 0 Å². The van der Waals surface area contributed by atoms with Crippen LogP contribution in [0.5, 0.6) is 0 Å². The lowest BCUT2D eigenvalue weighted by atomic mass is 9.99.